The molecule has 0 radical (unpaired) electrons. The number of rotatable bonds is 6. The number of anilines is 1. The highest BCUT2D eigenvalue weighted by molar-refractivity contribution is 7.09. The molecule has 6 heteroatoms. The van der Waals surface area contributed by atoms with Crippen LogP contribution in [0.3, 0.4) is 0 Å². The van der Waals surface area contributed by atoms with Gasteiger partial charge >= 0.3 is 0 Å². The first-order valence-electron chi connectivity index (χ1n) is 7.65. The Hall–Kier alpha value is -2.60. The Bertz CT molecular complexity index is 804. The molecular formula is C18H19N3O2S. The van der Waals surface area contributed by atoms with Crippen LogP contribution in [0.2, 0.25) is 0 Å². The minimum absolute atomic E-state index is 0.0346. The molecule has 0 saturated heterocycles. The number of carbonyl (C=O) groups excluding carboxylic acids is 1. The summed E-state index contributed by atoms with van der Waals surface area (Å²) in [4.78, 5) is 13.3. The van der Waals surface area contributed by atoms with Gasteiger partial charge < -0.3 is 10.1 Å². The van der Waals surface area contributed by atoms with E-state index in [1.54, 1.807) is 28.3 Å². The fraction of sp³-hybridized carbons (Fsp3) is 0.222. The summed E-state index contributed by atoms with van der Waals surface area (Å²) in [5.74, 6) is 1.16. The van der Waals surface area contributed by atoms with Gasteiger partial charge in [0.1, 0.15) is 11.6 Å². The molecule has 1 amide bonds. The van der Waals surface area contributed by atoms with Gasteiger partial charge in [-0.05, 0) is 48.6 Å². The molecular weight excluding hydrogens is 322 g/mol. The van der Waals surface area contributed by atoms with Gasteiger partial charge in [-0.3, -0.25) is 4.79 Å². The van der Waals surface area contributed by atoms with Crippen LogP contribution in [0.25, 0.3) is 0 Å². The fourth-order valence-corrected chi connectivity index (χ4v) is 3.14. The minimum Gasteiger partial charge on any atom is -0.484 e. The van der Waals surface area contributed by atoms with Crippen molar-refractivity contribution in [3.05, 3.63) is 64.0 Å². The van der Waals surface area contributed by atoms with E-state index in [1.807, 2.05) is 43.5 Å². The van der Waals surface area contributed by atoms with Crippen LogP contribution in [0.15, 0.2) is 48.0 Å². The van der Waals surface area contributed by atoms with Gasteiger partial charge in [-0.1, -0.05) is 12.1 Å². The lowest BCUT2D eigenvalue weighted by Crippen LogP contribution is -2.22. The summed E-state index contributed by atoms with van der Waals surface area (Å²) >= 11 is 1.66. The number of benzene rings is 1. The number of ether oxygens (including phenoxy) is 1. The Morgan fingerprint density at radius 1 is 1.25 bits per heavy atom. The topological polar surface area (TPSA) is 56.1 Å². The highest BCUT2D eigenvalue weighted by atomic mass is 32.1. The van der Waals surface area contributed by atoms with Gasteiger partial charge in [0.05, 0.1) is 12.7 Å². The van der Waals surface area contributed by atoms with E-state index in [1.165, 1.54) is 4.88 Å². The summed E-state index contributed by atoms with van der Waals surface area (Å²) < 4.78 is 7.35. The first kappa shape index (κ1) is 16.3. The summed E-state index contributed by atoms with van der Waals surface area (Å²) in [5.41, 5.74) is 2.22. The highest BCUT2D eigenvalue weighted by Gasteiger charge is 2.09. The third-order valence-corrected chi connectivity index (χ3v) is 4.30. The van der Waals surface area contributed by atoms with Crippen molar-refractivity contribution < 1.29 is 9.53 Å². The molecule has 2 aromatic heterocycles. The van der Waals surface area contributed by atoms with Gasteiger partial charge in [-0.2, -0.15) is 5.10 Å². The predicted octanol–water partition coefficient (Wildman–Crippen LogP) is 3.63. The molecule has 0 spiro atoms. The maximum absolute atomic E-state index is 12.1. The molecule has 3 aromatic rings. The van der Waals surface area contributed by atoms with Crippen molar-refractivity contribution in [2.45, 2.75) is 20.4 Å². The van der Waals surface area contributed by atoms with E-state index in [2.05, 4.69) is 16.5 Å². The molecule has 0 fully saturated rings. The van der Waals surface area contributed by atoms with Crippen LogP contribution in [0, 0.1) is 13.8 Å². The fourth-order valence-electron chi connectivity index (χ4n) is 2.46. The summed E-state index contributed by atoms with van der Waals surface area (Å²) in [6.07, 6.45) is 1.67. The summed E-state index contributed by atoms with van der Waals surface area (Å²) in [6, 6.07) is 11.7. The zero-order valence-corrected chi connectivity index (χ0v) is 14.5. The highest BCUT2D eigenvalue weighted by Crippen LogP contribution is 2.17. The molecule has 0 aliphatic rings. The summed E-state index contributed by atoms with van der Waals surface area (Å²) in [7, 11) is 0. The molecule has 2 heterocycles. The van der Waals surface area contributed by atoms with E-state index in [0.717, 1.165) is 11.1 Å². The van der Waals surface area contributed by atoms with Crippen LogP contribution < -0.4 is 10.1 Å². The van der Waals surface area contributed by atoms with Gasteiger partial charge in [-0.25, -0.2) is 4.68 Å². The molecule has 0 aliphatic heterocycles. The van der Waals surface area contributed by atoms with Crippen molar-refractivity contribution in [1.29, 1.82) is 0 Å². The second-order valence-corrected chi connectivity index (χ2v) is 6.65. The number of hydrogen-bond acceptors (Lipinski definition) is 4. The lowest BCUT2D eigenvalue weighted by atomic mass is 10.1. The molecule has 0 atom stereocenters. The zero-order valence-electron chi connectivity index (χ0n) is 13.7. The first-order chi connectivity index (χ1) is 11.6. The van der Waals surface area contributed by atoms with Crippen molar-refractivity contribution in [3.8, 4) is 5.75 Å². The number of amides is 1. The van der Waals surface area contributed by atoms with Crippen LogP contribution in [0.5, 0.6) is 5.75 Å². The first-order valence-corrected chi connectivity index (χ1v) is 8.53. The van der Waals surface area contributed by atoms with Gasteiger partial charge in [0, 0.05) is 10.9 Å². The van der Waals surface area contributed by atoms with Crippen molar-refractivity contribution in [2.24, 2.45) is 0 Å². The normalized spacial score (nSPS) is 10.6. The van der Waals surface area contributed by atoms with Crippen molar-refractivity contribution in [2.75, 3.05) is 11.9 Å². The standard InChI is InChI=1S/C18H19N3O2S/c1-13-8-14(2)10-15(9-13)23-12-18(22)20-17-5-6-19-21(17)11-16-4-3-7-24-16/h3-10H,11-12H2,1-2H3,(H,20,22). The number of aromatic nitrogens is 2. The SMILES string of the molecule is Cc1cc(C)cc(OCC(=O)Nc2ccnn2Cc2cccs2)c1. The van der Waals surface area contributed by atoms with Crippen molar-refractivity contribution in [1.82, 2.24) is 9.78 Å². The Morgan fingerprint density at radius 3 is 2.75 bits per heavy atom. The zero-order chi connectivity index (χ0) is 16.9. The van der Waals surface area contributed by atoms with Gasteiger partial charge in [0.2, 0.25) is 0 Å². The van der Waals surface area contributed by atoms with E-state index < -0.39 is 0 Å². The average molecular weight is 341 g/mol. The lowest BCUT2D eigenvalue weighted by Gasteiger charge is -2.10. The second-order valence-electron chi connectivity index (χ2n) is 5.61. The van der Waals surface area contributed by atoms with E-state index in [4.69, 9.17) is 4.74 Å². The summed E-state index contributed by atoms with van der Waals surface area (Å²) in [6.45, 7) is 4.61. The van der Waals surface area contributed by atoms with Crippen LogP contribution in [-0.4, -0.2) is 22.3 Å². The molecule has 5 nitrogen and oxygen atoms in total. The maximum atomic E-state index is 12.1. The second kappa shape index (κ2) is 7.31. The quantitative estimate of drug-likeness (QED) is 0.745. The molecule has 0 unspecified atom stereocenters. The van der Waals surface area contributed by atoms with E-state index in [0.29, 0.717) is 18.1 Å². The lowest BCUT2D eigenvalue weighted by molar-refractivity contribution is -0.118. The molecule has 124 valence electrons. The van der Waals surface area contributed by atoms with Gasteiger partial charge in [0.25, 0.3) is 5.91 Å². The Labute approximate surface area is 144 Å². The molecule has 0 bridgehead atoms. The minimum atomic E-state index is -0.206. The number of hydrogen-bond donors (Lipinski definition) is 1. The van der Waals surface area contributed by atoms with Crippen molar-refractivity contribution >= 4 is 23.1 Å². The van der Waals surface area contributed by atoms with Crippen LogP contribution in [0.4, 0.5) is 5.82 Å². The largest absolute Gasteiger partial charge is 0.484 e. The third kappa shape index (κ3) is 4.23. The van der Waals surface area contributed by atoms with Gasteiger partial charge in [0.15, 0.2) is 6.61 Å². The molecule has 24 heavy (non-hydrogen) atoms. The number of nitrogens with one attached hydrogen (secondary N) is 1. The van der Waals surface area contributed by atoms with Gasteiger partial charge in [-0.15, -0.1) is 11.3 Å². The monoisotopic (exact) mass is 341 g/mol. The predicted molar refractivity (Wildman–Crippen MR) is 95.7 cm³/mol. The third-order valence-electron chi connectivity index (χ3n) is 3.43. The van der Waals surface area contributed by atoms with Crippen LogP contribution in [0.1, 0.15) is 16.0 Å². The van der Waals surface area contributed by atoms with Crippen molar-refractivity contribution in [3.63, 3.8) is 0 Å². The van der Waals surface area contributed by atoms with Crippen LogP contribution in [-0.2, 0) is 11.3 Å². The Balaban J connectivity index is 1.58. The number of aryl methyl sites for hydroxylation is 2. The summed E-state index contributed by atoms with van der Waals surface area (Å²) in [5, 5.41) is 9.12. The smallest absolute Gasteiger partial charge is 0.263 e. The maximum Gasteiger partial charge on any atom is 0.263 e. The Kier molecular flexibility index (Phi) is 4.96. The van der Waals surface area contributed by atoms with E-state index in [9.17, 15) is 4.79 Å². The molecule has 1 N–H and O–H groups in total. The number of carbonyl (C=O) groups is 1. The average Bonchev–Trinajstić information content (AvgIpc) is 3.17. The molecule has 1 aromatic carbocycles. The molecule has 0 saturated carbocycles. The molecule has 0 aliphatic carbocycles. The molecule has 3 rings (SSSR count). The number of nitrogens with zero attached hydrogens (tertiary/aromatic N) is 2. The van der Waals surface area contributed by atoms with E-state index >= 15 is 0 Å². The Morgan fingerprint density at radius 2 is 2.04 bits per heavy atom. The number of thiophene rings is 1. The van der Waals surface area contributed by atoms with E-state index in [-0.39, 0.29) is 12.5 Å². The van der Waals surface area contributed by atoms with Crippen LogP contribution >= 0.6 is 11.3 Å².